The molecule has 2 rings (SSSR count). The van der Waals surface area contributed by atoms with Gasteiger partial charge in [0.1, 0.15) is 5.75 Å². The second kappa shape index (κ2) is 11.5. The van der Waals surface area contributed by atoms with E-state index in [9.17, 15) is 14.9 Å². The molecule has 2 aromatic carbocycles. The van der Waals surface area contributed by atoms with E-state index in [1.807, 2.05) is 43.1 Å². The number of guanidine groups is 1. The van der Waals surface area contributed by atoms with E-state index >= 15 is 0 Å². The lowest BCUT2D eigenvalue weighted by atomic mass is 10.2. The molecule has 1 N–H and O–H groups in total. The Bertz CT molecular complexity index is 895. The fourth-order valence-corrected chi connectivity index (χ4v) is 2.72. The number of likely N-dealkylation sites (N-methyl/N-ethyl adjacent to an activating group) is 1. The molecule has 0 fully saturated rings. The number of benzene rings is 2. The van der Waals surface area contributed by atoms with E-state index in [4.69, 9.17) is 4.74 Å². The van der Waals surface area contributed by atoms with Crippen molar-refractivity contribution in [3.05, 3.63) is 69.8 Å². The van der Waals surface area contributed by atoms with Crippen molar-refractivity contribution in [2.24, 2.45) is 4.99 Å². The van der Waals surface area contributed by atoms with E-state index < -0.39 is 4.92 Å². The van der Waals surface area contributed by atoms with Crippen LogP contribution < -0.4 is 10.1 Å². The number of amides is 1. The summed E-state index contributed by atoms with van der Waals surface area (Å²) >= 11 is 0. The SMILES string of the molecule is CCOc1ccc(CN(C)C(=NCc2ccc([N+](=O)[O-])cc2)NCC(=O)N(C)C)cc1. The molecule has 0 bridgehead atoms. The molecule has 166 valence electrons. The zero-order valence-electron chi connectivity index (χ0n) is 18.4. The Kier molecular flexibility index (Phi) is 8.80. The number of rotatable bonds is 9. The molecule has 31 heavy (non-hydrogen) atoms. The highest BCUT2D eigenvalue weighted by atomic mass is 16.6. The van der Waals surface area contributed by atoms with Crippen LogP contribution in [0, 0.1) is 10.1 Å². The second-order valence-electron chi connectivity index (χ2n) is 7.14. The standard InChI is InChI=1S/C22H29N5O4/c1-5-31-20-12-8-18(9-13-20)16-26(4)22(24-15-21(28)25(2)3)23-14-17-6-10-19(11-7-17)27(29)30/h6-13H,5,14-16H2,1-4H3,(H,23,24). The number of nitro groups is 1. The van der Waals surface area contributed by atoms with Gasteiger partial charge < -0.3 is 19.9 Å². The van der Waals surface area contributed by atoms with Gasteiger partial charge in [-0.25, -0.2) is 4.99 Å². The zero-order chi connectivity index (χ0) is 22.8. The number of nitrogens with zero attached hydrogens (tertiary/aromatic N) is 4. The highest BCUT2D eigenvalue weighted by Crippen LogP contribution is 2.14. The van der Waals surface area contributed by atoms with Crippen molar-refractivity contribution in [1.82, 2.24) is 15.1 Å². The molecule has 0 unspecified atom stereocenters. The molecular formula is C22H29N5O4. The minimum atomic E-state index is -0.433. The van der Waals surface area contributed by atoms with Gasteiger partial charge in [-0.05, 0) is 30.2 Å². The van der Waals surface area contributed by atoms with Crippen molar-refractivity contribution in [3.63, 3.8) is 0 Å². The van der Waals surface area contributed by atoms with Crippen LogP contribution in [0.25, 0.3) is 0 Å². The summed E-state index contributed by atoms with van der Waals surface area (Å²) in [6.45, 7) is 3.57. The Morgan fingerprint density at radius 1 is 1.06 bits per heavy atom. The van der Waals surface area contributed by atoms with Crippen molar-refractivity contribution in [3.8, 4) is 5.75 Å². The van der Waals surface area contributed by atoms with Gasteiger partial charge in [0.2, 0.25) is 5.91 Å². The van der Waals surface area contributed by atoms with Gasteiger partial charge in [0, 0.05) is 39.8 Å². The second-order valence-corrected chi connectivity index (χ2v) is 7.14. The van der Waals surface area contributed by atoms with Gasteiger partial charge in [0.05, 0.1) is 24.6 Å². The van der Waals surface area contributed by atoms with E-state index in [0.29, 0.717) is 25.7 Å². The molecular weight excluding hydrogens is 398 g/mol. The first-order chi connectivity index (χ1) is 14.8. The van der Waals surface area contributed by atoms with Crippen molar-refractivity contribution in [2.75, 3.05) is 34.3 Å². The molecule has 0 saturated carbocycles. The Balaban J connectivity index is 2.12. The van der Waals surface area contributed by atoms with E-state index in [1.54, 1.807) is 26.2 Å². The number of carbonyl (C=O) groups is 1. The van der Waals surface area contributed by atoms with Crippen LogP contribution in [0.2, 0.25) is 0 Å². The minimum Gasteiger partial charge on any atom is -0.494 e. The number of nitro benzene ring substituents is 1. The zero-order valence-corrected chi connectivity index (χ0v) is 18.4. The largest absolute Gasteiger partial charge is 0.494 e. The Morgan fingerprint density at radius 3 is 2.23 bits per heavy atom. The first-order valence-corrected chi connectivity index (χ1v) is 9.94. The maximum Gasteiger partial charge on any atom is 0.269 e. The fourth-order valence-electron chi connectivity index (χ4n) is 2.72. The monoisotopic (exact) mass is 427 g/mol. The number of non-ortho nitro benzene ring substituents is 1. The van der Waals surface area contributed by atoms with Gasteiger partial charge >= 0.3 is 0 Å². The molecule has 0 atom stereocenters. The van der Waals surface area contributed by atoms with Crippen LogP contribution in [-0.2, 0) is 17.9 Å². The smallest absolute Gasteiger partial charge is 0.269 e. The van der Waals surface area contributed by atoms with Crippen LogP contribution >= 0.6 is 0 Å². The van der Waals surface area contributed by atoms with Crippen molar-refractivity contribution in [2.45, 2.75) is 20.0 Å². The number of hydrogen-bond acceptors (Lipinski definition) is 5. The van der Waals surface area contributed by atoms with E-state index in [1.165, 1.54) is 17.0 Å². The number of nitrogens with one attached hydrogen (secondary N) is 1. The summed E-state index contributed by atoms with van der Waals surface area (Å²) in [5.41, 5.74) is 1.93. The van der Waals surface area contributed by atoms with Gasteiger partial charge in [-0.1, -0.05) is 24.3 Å². The summed E-state index contributed by atoms with van der Waals surface area (Å²) in [5.74, 6) is 1.30. The van der Waals surface area contributed by atoms with Gasteiger partial charge in [-0.2, -0.15) is 0 Å². The summed E-state index contributed by atoms with van der Waals surface area (Å²) in [6.07, 6.45) is 0. The molecule has 0 aromatic heterocycles. The quantitative estimate of drug-likeness (QED) is 0.286. The topological polar surface area (TPSA) is 100 Å². The summed E-state index contributed by atoms with van der Waals surface area (Å²) in [6, 6.07) is 14.1. The molecule has 0 aliphatic heterocycles. The van der Waals surface area contributed by atoms with Crippen LogP contribution in [0.1, 0.15) is 18.1 Å². The van der Waals surface area contributed by atoms with Gasteiger partial charge in [0.15, 0.2) is 5.96 Å². The predicted molar refractivity (Wildman–Crippen MR) is 120 cm³/mol. The molecule has 2 aromatic rings. The Hall–Kier alpha value is -3.62. The lowest BCUT2D eigenvalue weighted by Crippen LogP contribution is -2.43. The normalized spacial score (nSPS) is 11.0. The number of ether oxygens (including phenoxy) is 1. The van der Waals surface area contributed by atoms with Crippen LogP contribution in [0.15, 0.2) is 53.5 Å². The molecule has 0 radical (unpaired) electrons. The third-order valence-corrected chi connectivity index (χ3v) is 4.47. The molecule has 0 saturated heterocycles. The minimum absolute atomic E-state index is 0.0373. The molecule has 0 aliphatic carbocycles. The summed E-state index contributed by atoms with van der Waals surface area (Å²) < 4.78 is 5.48. The van der Waals surface area contributed by atoms with Crippen LogP contribution in [-0.4, -0.2) is 60.9 Å². The molecule has 0 aliphatic rings. The van der Waals surface area contributed by atoms with E-state index in [-0.39, 0.29) is 18.1 Å². The lowest BCUT2D eigenvalue weighted by Gasteiger charge is -2.23. The average molecular weight is 428 g/mol. The van der Waals surface area contributed by atoms with Crippen LogP contribution in [0.5, 0.6) is 5.75 Å². The summed E-state index contributed by atoms with van der Waals surface area (Å²) in [5, 5.41) is 13.9. The number of aliphatic imine (C=N–C) groups is 1. The van der Waals surface area contributed by atoms with Crippen molar-refractivity contribution in [1.29, 1.82) is 0 Å². The first kappa shape index (κ1) is 23.7. The Labute approximate surface area is 182 Å². The van der Waals surface area contributed by atoms with Gasteiger partial charge in [-0.15, -0.1) is 0 Å². The van der Waals surface area contributed by atoms with E-state index in [2.05, 4.69) is 10.3 Å². The number of carbonyl (C=O) groups excluding carboxylic acids is 1. The third kappa shape index (κ3) is 7.61. The third-order valence-electron chi connectivity index (χ3n) is 4.47. The molecule has 1 amide bonds. The predicted octanol–water partition coefficient (Wildman–Crippen LogP) is 2.66. The van der Waals surface area contributed by atoms with Gasteiger partial charge in [0.25, 0.3) is 5.69 Å². The summed E-state index contributed by atoms with van der Waals surface area (Å²) in [4.78, 5) is 30.4. The number of hydrogen-bond donors (Lipinski definition) is 1. The summed E-state index contributed by atoms with van der Waals surface area (Å²) in [7, 11) is 5.28. The van der Waals surface area contributed by atoms with Crippen molar-refractivity contribution >= 4 is 17.6 Å². The fraction of sp³-hybridized carbons (Fsp3) is 0.364. The van der Waals surface area contributed by atoms with Crippen molar-refractivity contribution < 1.29 is 14.5 Å². The molecule has 9 heteroatoms. The highest BCUT2D eigenvalue weighted by Gasteiger charge is 2.11. The highest BCUT2D eigenvalue weighted by molar-refractivity contribution is 5.86. The van der Waals surface area contributed by atoms with E-state index in [0.717, 1.165) is 16.9 Å². The first-order valence-electron chi connectivity index (χ1n) is 9.94. The lowest BCUT2D eigenvalue weighted by molar-refractivity contribution is -0.384. The molecule has 0 heterocycles. The maximum atomic E-state index is 12.0. The van der Waals surface area contributed by atoms with Gasteiger partial charge in [-0.3, -0.25) is 14.9 Å². The molecule has 0 spiro atoms. The molecule has 9 nitrogen and oxygen atoms in total. The Morgan fingerprint density at radius 2 is 1.68 bits per heavy atom. The van der Waals surface area contributed by atoms with Crippen LogP contribution in [0.4, 0.5) is 5.69 Å². The van der Waals surface area contributed by atoms with Crippen LogP contribution in [0.3, 0.4) is 0 Å². The maximum absolute atomic E-state index is 12.0. The average Bonchev–Trinajstić information content (AvgIpc) is 2.75.